The third-order valence-electron chi connectivity index (χ3n) is 5.59. The molecule has 1 fully saturated rings. The van der Waals surface area contributed by atoms with Gasteiger partial charge in [-0.15, -0.1) is 0 Å². The molecule has 0 spiro atoms. The molecule has 5 rings (SSSR count). The summed E-state index contributed by atoms with van der Waals surface area (Å²) in [6, 6.07) is 9.69. The van der Waals surface area contributed by atoms with Crippen LogP contribution in [-0.2, 0) is 0 Å². The van der Waals surface area contributed by atoms with Gasteiger partial charge < -0.3 is 19.6 Å². The normalized spacial score (nSPS) is 16.7. The minimum atomic E-state index is 0.0344. The van der Waals surface area contributed by atoms with Crippen molar-refractivity contribution in [3.63, 3.8) is 0 Å². The molecule has 27 heavy (non-hydrogen) atoms. The second-order valence-corrected chi connectivity index (χ2v) is 7.25. The molecular formula is C21H22N4O2. The molecule has 0 radical (unpaired) electrons. The molecule has 6 nitrogen and oxygen atoms in total. The lowest BCUT2D eigenvalue weighted by Crippen LogP contribution is -2.44. The van der Waals surface area contributed by atoms with Gasteiger partial charge >= 0.3 is 0 Å². The Balaban J connectivity index is 1.77. The minimum absolute atomic E-state index is 0.0344. The van der Waals surface area contributed by atoms with Gasteiger partial charge in [-0.3, -0.25) is 4.79 Å². The van der Waals surface area contributed by atoms with Crippen molar-refractivity contribution in [2.24, 2.45) is 0 Å². The highest BCUT2D eigenvalue weighted by molar-refractivity contribution is 6.28. The smallest absolute Gasteiger partial charge is 0.196 e. The number of hydrogen-bond acceptors (Lipinski definition) is 6. The maximum Gasteiger partial charge on any atom is 0.196 e. The SMILES string of the molecule is CCNc1cc(N2CCN(C)CC2)c2noc3c2c1C(=O)c1ccccc1-3. The molecule has 0 saturated carbocycles. The van der Waals surface area contributed by atoms with E-state index in [2.05, 4.69) is 33.4 Å². The molecule has 1 N–H and O–H groups in total. The van der Waals surface area contributed by atoms with Crippen LogP contribution in [0.4, 0.5) is 11.4 Å². The van der Waals surface area contributed by atoms with Crippen LogP contribution in [0.2, 0.25) is 0 Å². The molecular weight excluding hydrogens is 340 g/mol. The Morgan fingerprint density at radius 1 is 1.15 bits per heavy atom. The first kappa shape index (κ1) is 16.3. The van der Waals surface area contributed by atoms with Crippen LogP contribution in [0.25, 0.3) is 22.2 Å². The predicted molar refractivity (Wildman–Crippen MR) is 107 cm³/mol. The van der Waals surface area contributed by atoms with Gasteiger partial charge in [-0.1, -0.05) is 29.4 Å². The van der Waals surface area contributed by atoms with E-state index >= 15 is 0 Å². The van der Waals surface area contributed by atoms with Crippen LogP contribution < -0.4 is 10.2 Å². The summed E-state index contributed by atoms with van der Waals surface area (Å²) in [5.41, 5.74) is 4.88. The molecule has 0 amide bonds. The number of carbonyl (C=O) groups is 1. The zero-order chi connectivity index (χ0) is 18.5. The van der Waals surface area contributed by atoms with Gasteiger partial charge in [0.15, 0.2) is 11.5 Å². The Bertz CT molecular complexity index is 1050. The summed E-state index contributed by atoms with van der Waals surface area (Å²) in [6.07, 6.45) is 0. The molecule has 1 aromatic heterocycles. The van der Waals surface area contributed by atoms with Crippen molar-refractivity contribution >= 4 is 28.1 Å². The molecule has 138 valence electrons. The van der Waals surface area contributed by atoms with Crippen molar-refractivity contribution in [3.05, 3.63) is 41.5 Å². The average Bonchev–Trinajstić information content (AvgIpc) is 3.13. The van der Waals surface area contributed by atoms with Gasteiger partial charge in [-0.25, -0.2) is 0 Å². The zero-order valence-corrected chi connectivity index (χ0v) is 15.6. The first-order chi connectivity index (χ1) is 13.2. The zero-order valence-electron chi connectivity index (χ0n) is 15.6. The lowest BCUT2D eigenvalue weighted by atomic mass is 9.86. The number of ketones is 1. The van der Waals surface area contributed by atoms with E-state index in [0.717, 1.165) is 60.6 Å². The van der Waals surface area contributed by atoms with E-state index in [4.69, 9.17) is 4.52 Å². The number of carbonyl (C=O) groups excluding carboxylic acids is 1. The molecule has 0 unspecified atom stereocenters. The number of aromatic nitrogens is 1. The summed E-state index contributed by atoms with van der Waals surface area (Å²) in [6.45, 7) is 6.67. The second-order valence-electron chi connectivity index (χ2n) is 7.25. The van der Waals surface area contributed by atoms with Gasteiger partial charge in [-0.05, 0) is 20.0 Å². The summed E-state index contributed by atoms with van der Waals surface area (Å²) in [7, 11) is 2.14. The van der Waals surface area contributed by atoms with E-state index in [0.29, 0.717) is 16.9 Å². The van der Waals surface area contributed by atoms with Crippen molar-refractivity contribution < 1.29 is 9.32 Å². The predicted octanol–water partition coefficient (Wildman–Crippen LogP) is 3.22. The highest BCUT2D eigenvalue weighted by Gasteiger charge is 2.33. The summed E-state index contributed by atoms with van der Waals surface area (Å²) < 4.78 is 5.79. The minimum Gasteiger partial charge on any atom is -0.385 e. The number of fused-ring (bicyclic) bond motifs is 2. The molecule has 1 aliphatic carbocycles. The Morgan fingerprint density at radius 3 is 2.63 bits per heavy atom. The fraction of sp³-hybridized carbons (Fsp3) is 0.333. The van der Waals surface area contributed by atoms with Crippen molar-refractivity contribution in [2.45, 2.75) is 6.92 Å². The molecule has 1 saturated heterocycles. The summed E-state index contributed by atoms with van der Waals surface area (Å²) in [4.78, 5) is 18.0. The second kappa shape index (κ2) is 6.09. The van der Waals surface area contributed by atoms with Gasteiger partial charge in [-0.2, -0.15) is 0 Å². The number of nitrogens with one attached hydrogen (secondary N) is 1. The largest absolute Gasteiger partial charge is 0.385 e. The van der Waals surface area contributed by atoms with Crippen molar-refractivity contribution in [1.29, 1.82) is 0 Å². The maximum absolute atomic E-state index is 13.3. The first-order valence-electron chi connectivity index (χ1n) is 9.47. The van der Waals surface area contributed by atoms with E-state index in [1.54, 1.807) is 0 Å². The molecule has 2 aliphatic rings. The number of anilines is 2. The van der Waals surface area contributed by atoms with E-state index in [-0.39, 0.29) is 5.78 Å². The van der Waals surface area contributed by atoms with Crippen LogP contribution in [0.1, 0.15) is 22.8 Å². The molecule has 0 atom stereocenters. The Hall–Kier alpha value is -2.86. The number of hydrogen-bond donors (Lipinski definition) is 1. The monoisotopic (exact) mass is 362 g/mol. The number of nitrogens with zero attached hydrogens (tertiary/aromatic N) is 3. The highest BCUT2D eigenvalue weighted by Crippen LogP contribution is 2.45. The molecule has 3 aromatic rings. The van der Waals surface area contributed by atoms with Crippen LogP contribution in [0.15, 0.2) is 34.9 Å². The van der Waals surface area contributed by atoms with E-state index in [1.807, 2.05) is 31.2 Å². The van der Waals surface area contributed by atoms with Crippen LogP contribution >= 0.6 is 0 Å². The summed E-state index contributed by atoms with van der Waals surface area (Å²) in [5.74, 6) is 0.734. The third kappa shape index (κ3) is 2.36. The molecule has 2 heterocycles. The summed E-state index contributed by atoms with van der Waals surface area (Å²) >= 11 is 0. The van der Waals surface area contributed by atoms with Crippen LogP contribution in [0.5, 0.6) is 0 Å². The van der Waals surface area contributed by atoms with Gasteiger partial charge in [0.05, 0.1) is 16.6 Å². The lowest BCUT2D eigenvalue weighted by Gasteiger charge is -2.34. The molecule has 1 aliphatic heterocycles. The standard InChI is InChI=1S/C21H22N4O2/c1-3-22-15-12-16(25-10-8-24(2)9-11-25)19-18-17(15)20(26)13-6-4-5-7-14(13)21(18)27-23-19/h4-7,12,22H,3,8-11H2,1-2H3. The molecule has 6 heteroatoms. The van der Waals surface area contributed by atoms with Crippen LogP contribution in [-0.4, -0.2) is 55.6 Å². The highest BCUT2D eigenvalue weighted by atomic mass is 16.5. The number of likely N-dealkylation sites (N-methyl/N-ethyl adjacent to an activating group) is 1. The van der Waals surface area contributed by atoms with E-state index < -0.39 is 0 Å². The lowest BCUT2D eigenvalue weighted by molar-refractivity contribution is 0.104. The van der Waals surface area contributed by atoms with Gasteiger partial charge in [0, 0.05) is 49.5 Å². The number of piperazine rings is 1. The van der Waals surface area contributed by atoms with Gasteiger partial charge in [0.1, 0.15) is 5.52 Å². The maximum atomic E-state index is 13.3. The average molecular weight is 362 g/mol. The topological polar surface area (TPSA) is 61.6 Å². The quantitative estimate of drug-likeness (QED) is 0.604. The van der Waals surface area contributed by atoms with Crippen molar-refractivity contribution in [2.75, 3.05) is 50.0 Å². The Labute approximate surface area is 157 Å². The number of benzene rings is 2. The van der Waals surface area contributed by atoms with Crippen molar-refractivity contribution in [1.82, 2.24) is 10.1 Å². The van der Waals surface area contributed by atoms with Crippen molar-refractivity contribution in [3.8, 4) is 11.3 Å². The first-order valence-corrected chi connectivity index (χ1v) is 9.47. The number of rotatable bonds is 3. The Morgan fingerprint density at radius 2 is 1.89 bits per heavy atom. The van der Waals surface area contributed by atoms with E-state index in [1.165, 1.54) is 0 Å². The molecule has 2 aromatic carbocycles. The van der Waals surface area contributed by atoms with Crippen LogP contribution in [0.3, 0.4) is 0 Å². The fourth-order valence-electron chi connectivity index (χ4n) is 4.16. The van der Waals surface area contributed by atoms with Gasteiger partial charge in [0.25, 0.3) is 0 Å². The van der Waals surface area contributed by atoms with Crippen LogP contribution in [0, 0.1) is 0 Å². The molecule has 0 bridgehead atoms. The van der Waals surface area contributed by atoms with Gasteiger partial charge in [0.2, 0.25) is 0 Å². The third-order valence-corrected chi connectivity index (χ3v) is 5.59. The fourth-order valence-corrected chi connectivity index (χ4v) is 4.16. The van der Waals surface area contributed by atoms with E-state index in [9.17, 15) is 4.79 Å². The Kier molecular flexibility index (Phi) is 3.68. The summed E-state index contributed by atoms with van der Waals surface area (Å²) in [5, 5.41) is 8.64.